The lowest BCUT2D eigenvalue weighted by molar-refractivity contribution is 0.136. The number of hydrogen-bond acceptors (Lipinski definition) is 5. The van der Waals surface area contributed by atoms with Crippen molar-refractivity contribution in [3.8, 4) is 0 Å². The average Bonchev–Trinajstić information content (AvgIpc) is 2.49. The lowest BCUT2D eigenvalue weighted by Gasteiger charge is -2.17. The molecule has 1 aromatic rings. The van der Waals surface area contributed by atoms with Gasteiger partial charge >= 0.3 is 0 Å². The highest BCUT2D eigenvalue weighted by atomic mass is 35.5. The Kier molecular flexibility index (Phi) is 16.4. The fourth-order valence-electron chi connectivity index (χ4n) is 1.55. The second-order valence-electron chi connectivity index (χ2n) is 4.16. The zero-order chi connectivity index (χ0) is 15.2. The summed E-state index contributed by atoms with van der Waals surface area (Å²) in [6.07, 6.45) is 1.82. The molecule has 21 heavy (non-hydrogen) atoms. The van der Waals surface area contributed by atoms with Gasteiger partial charge in [0.15, 0.2) is 0 Å². The van der Waals surface area contributed by atoms with Crippen molar-refractivity contribution in [1.29, 1.82) is 0 Å². The highest BCUT2D eigenvalue weighted by molar-refractivity contribution is 5.85. The smallest absolute Gasteiger partial charge is 0.0558 e. The molecule has 0 saturated heterocycles. The molecule has 122 valence electrons. The van der Waals surface area contributed by atoms with E-state index in [-0.39, 0.29) is 32.2 Å². The van der Waals surface area contributed by atoms with E-state index in [1.54, 1.807) is 4.90 Å². The molecule has 1 aromatic carbocycles. The Morgan fingerprint density at radius 2 is 1.38 bits per heavy atom. The predicted octanol–water partition coefficient (Wildman–Crippen LogP) is 0.475. The SMILES string of the molecule is C=Cc1ccc(CN)cc1.Cl.OCCN(CCO)CCO. The second kappa shape index (κ2) is 15.4. The number of aliphatic hydroxyl groups excluding tert-OH is 3. The maximum atomic E-state index is 8.48. The maximum absolute atomic E-state index is 8.48. The monoisotopic (exact) mass is 318 g/mol. The third-order valence-corrected chi connectivity index (χ3v) is 2.70. The maximum Gasteiger partial charge on any atom is 0.0558 e. The second-order valence-corrected chi connectivity index (χ2v) is 4.16. The molecule has 0 amide bonds. The molecule has 0 saturated carbocycles. The fourth-order valence-corrected chi connectivity index (χ4v) is 1.55. The number of aliphatic hydroxyl groups is 3. The molecule has 0 aliphatic heterocycles. The minimum absolute atomic E-state index is 0. The van der Waals surface area contributed by atoms with Gasteiger partial charge < -0.3 is 21.1 Å². The van der Waals surface area contributed by atoms with E-state index < -0.39 is 0 Å². The summed E-state index contributed by atoms with van der Waals surface area (Å²) >= 11 is 0. The number of hydrogen-bond donors (Lipinski definition) is 4. The first-order valence-electron chi connectivity index (χ1n) is 6.68. The van der Waals surface area contributed by atoms with Crippen molar-refractivity contribution in [1.82, 2.24) is 4.90 Å². The van der Waals surface area contributed by atoms with E-state index in [1.165, 1.54) is 0 Å². The summed E-state index contributed by atoms with van der Waals surface area (Å²) in [5.74, 6) is 0. The summed E-state index contributed by atoms with van der Waals surface area (Å²) in [5, 5.41) is 25.5. The van der Waals surface area contributed by atoms with E-state index in [0.717, 1.165) is 11.1 Å². The van der Waals surface area contributed by atoms with E-state index in [0.29, 0.717) is 26.2 Å². The summed E-state index contributed by atoms with van der Waals surface area (Å²) in [6, 6.07) is 8.04. The Morgan fingerprint density at radius 3 is 1.67 bits per heavy atom. The first-order chi connectivity index (χ1) is 9.71. The molecule has 0 aliphatic rings. The molecule has 0 bridgehead atoms. The van der Waals surface area contributed by atoms with Crippen LogP contribution in [0.4, 0.5) is 0 Å². The Morgan fingerprint density at radius 1 is 0.952 bits per heavy atom. The van der Waals surface area contributed by atoms with Gasteiger partial charge in [-0.15, -0.1) is 12.4 Å². The van der Waals surface area contributed by atoms with Crippen LogP contribution in [-0.4, -0.2) is 59.7 Å². The molecular weight excluding hydrogens is 292 g/mol. The minimum Gasteiger partial charge on any atom is -0.395 e. The molecule has 0 radical (unpaired) electrons. The van der Waals surface area contributed by atoms with Gasteiger partial charge in [0.05, 0.1) is 19.8 Å². The Hall–Kier alpha value is -0.950. The van der Waals surface area contributed by atoms with Gasteiger partial charge in [-0.2, -0.15) is 0 Å². The van der Waals surface area contributed by atoms with Crippen LogP contribution in [0.15, 0.2) is 30.8 Å². The molecule has 5 N–H and O–H groups in total. The lowest BCUT2D eigenvalue weighted by Crippen LogP contribution is -2.32. The lowest BCUT2D eigenvalue weighted by atomic mass is 10.1. The quantitative estimate of drug-likeness (QED) is 0.559. The Balaban J connectivity index is 0. The molecule has 0 unspecified atom stereocenters. The summed E-state index contributed by atoms with van der Waals surface area (Å²) in [6.45, 7) is 6.02. The highest BCUT2D eigenvalue weighted by Crippen LogP contribution is 2.03. The van der Waals surface area contributed by atoms with E-state index in [1.807, 2.05) is 30.3 Å². The van der Waals surface area contributed by atoms with Crippen molar-refractivity contribution in [3.63, 3.8) is 0 Å². The van der Waals surface area contributed by atoms with Crippen molar-refractivity contribution in [2.24, 2.45) is 5.73 Å². The van der Waals surface area contributed by atoms with Crippen molar-refractivity contribution in [3.05, 3.63) is 42.0 Å². The first-order valence-corrected chi connectivity index (χ1v) is 6.68. The molecule has 0 aromatic heterocycles. The molecule has 0 aliphatic carbocycles. The number of rotatable bonds is 8. The summed E-state index contributed by atoms with van der Waals surface area (Å²) < 4.78 is 0. The van der Waals surface area contributed by atoms with Crippen LogP contribution in [0.3, 0.4) is 0 Å². The molecule has 0 heterocycles. The zero-order valence-electron chi connectivity index (χ0n) is 12.3. The molecule has 0 spiro atoms. The molecule has 6 heteroatoms. The number of nitrogens with two attached hydrogens (primary N) is 1. The van der Waals surface area contributed by atoms with Crippen molar-refractivity contribution in [2.45, 2.75) is 6.54 Å². The van der Waals surface area contributed by atoms with Gasteiger partial charge in [0.25, 0.3) is 0 Å². The third-order valence-electron chi connectivity index (χ3n) is 2.70. The first kappa shape index (κ1) is 22.3. The van der Waals surface area contributed by atoms with Gasteiger partial charge in [-0.05, 0) is 11.1 Å². The standard InChI is InChI=1S/C9H11N.C6H15NO3.ClH/c1-2-8-3-5-9(7-10)6-4-8;8-4-1-7(2-5-9)3-6-10;/h2-6H,1,7,10H2;8-10H,1-6H2;1H. The van der Waals surface area contributed by atoms with Gasteiger partial charge in [-0.3, -0.25) is 4.90 Å². The van der Waals surface area contributed by atoms with E-state index in [9.17, 15) is 0 Å². The average molecular weight is 319 g/mol. The van der Waals surface area contributed by atoms with Crippen molar-refractivity contribution >= 4 is 18.5 Å². The molecule has 0 atom stereocenters. The van der Waals surface area contributed by atoms with Crippen LogP contribution < -0.4 is 5.73 Å². The van der Waals surface area contributed by atoms with Gasteiger partial charge in [0.1, 0.15) is 0 Å². The molecular formula is C15H27ClN2O3. The number of halogens is 1. The summed E-state index contributed by atoms with van der Waals surface area (Å²) in [4.78, 5) is 1.79. The normalized spacial score (nSPS) is 9.57. The van der Waals surface area contributed by atoms with Crippen LogP contribution in [0.2, 0.25) is 0 Å². The Bertz CT molecular complexity index is 333. The van der Waals surface area contributed by atoms with Gasteiger partial charge in [0.2, 0.25) is 0 Å². The van der Waals surface area contributed by atoms with Crippen molar-refractivity contribution < 1.29 is 15.3 Å². The highest BCUT2D eigenvalue weighted by Gasteiger charge is 2.00. The van der Waals surface area contributed by atoms with Gasteiger partial charge in [-0.25, -0.2) is 0 Å². The van der Waals surface area contributed by atoms with E-state index in [2.05, 4.69) is 6.58 Å². The van der Waals surface area contributed by atoms with E-state index in [4.69, 9.17) is 21.1 Å². The van der Waals surface area contributed by atoms with Crippen LogP contribution in [0.1, 0.15) is 11.1 Å². The topological polar surface area (TPSA) is 90.0 Å². The van der Waals surface area contributed by atoms with Crippen molar-refractivity contribution in [2.75, 3.05) is 39.5 Å². The predicted molar refractivity (Wildman–Crippen MR) is 89.4 cm³/mol. The summed E-state index contributed by atoms with van der Waals surface area (Å²) in [7, 11) is 0. The van der Waals surface area contributed by atoms with Crippen LogP contribution in [-0.2, 0) is 6.54 Å². The molecule has 1 rings (SSSR count). The van der Waals surface area contributed by atoms with Gasteiger partial charge in [0, 0.05) is 26.2 Å². The van der Waals surface area contributed by atoms with Crippen LogP contribution in [0.5, 0.6) is 0 Å². The third kappa shape index (κ3) is 11.4. The minimum atomic E-state index is 0. The van der Waals surface area contributed by atoms with Crippen LogP contribution >= 0.6 is 12.4 Å². The molecule has 5 nitrogen and oxygen atoms in total. The number of nitrogens with zero attached hydrogens (tertiary/aromatic N) is 1. The van der Waals surface area contributed by atoms with E-state index >= 15 is 0 Å². The largest absolute Gasteiger partial charge is 0.395 e. The fraction of sp³-hybridized carbons (Fsp3) is 0.467. The summed E-state index contributed by atoms with van der Waals surface area (Å²) in [5.41, 5.74) is 7.71. The Labute approximate surface area is 133 Å². The molecule has 0 fully saturated rings. The van der Waals surface area contributed by atoms with Gasteiger partial charge in [-0.1, -0.05) is 36.9 Å². The zero-order valence-corrected chi connectivity index (χ0v) is 13.1. The number of benzene rings is 1. The van der Waals surface area contributed by atoms with Crippen LogP contribution in [0, 0.1) is 0 Å². The van der Waals surface area contributed by atoms with Crippen LogP contribution in [0.25, 0.3) is 6.08 Å².